The molecule has 3 aromatic rings. The number of aryl methyl sites for hydroxylation is 1. The third-order valence-electron chi connectivity index (χ3n) is 3.91. The van der Waals surface area contributed by atoms with Crippen molar-refractivity contribution in [1.29, 1.82) is 5.26 Å². The van der Waals surface area contributed by atoms with Crippen molar-refractivity contribution in [1.82, 2.24) is 9.97 Å². The maximum atomic E-state index is 14.2. The Hall–Kier alpha value is -3.75. The largest absolute Gasteiger partial charge is 0.478 e. The first-order valence-corrected chi connectivity index (χ1v) is 10.1. The molecule has 154 valence electrons. The monoisotopic (exact) mass is 428 g/mol. The highest BCUT2D eigenvalue weighted by atomic mass is 32.2. The van der Waals surface area contributed by atoms with Crippen LogP contribution in [-0.4, -0.2) is 25.0 Å². The van der Waals surface area contributed by atoms with Crippen molar-refractivity contribution in [2.75, 3.05) is 17.2 Å². The molecule has 0 bridgehead atoms. The summed E-state index contributed by atoms with van der Waals surface area (Å²) in [5.41, 5.74) is 1.82. The van der Waals surface area contributed by atoms with E-state index in [1.807, 2.05) is 6.07 Å². The summed E-state index contributed by atoms with van der Waals surface area (Å²) in [5.74, 6) is -0.0603. The Balaban J connectivity index is 1.77. The number of nitriles is 1. The van der Waals surface area contributed by atoms with Crippen molar-refractivity contribution in [3.63, 3.8) is 0 Å². The van der Waals surface area contributed by atoms with Gasteiger partial charge in [0.2, 0.25) is 16.0 Å². The Morgan fingerprint density at radius 3 is 2.50 bits per heavy atom. The van der Waals surface area contributed by atoms with Crippen LogP contribution in [0.1, 0.15) is 5.56 Å². The molecule has 1 aromatic heterocycles. The number of nitrogens with two attached hydrogens (primary N) is 1. The summed E-state index contributed by atoms with van der Waals surface area (Å²) in [4.78, 5) is 7.96. The van der Waals surface area contributed by atoms with Gasteiger partial charge in [-0.3, -0.25) is 0 Å². The lowest BCUT2D eigenvalue weighted by Crippen LogP contribution is -2.11. The number of nitrogens with one attached hydrogen (secondary N) is 2. The molecule has 30 heavy (non-hydrogen) atoms. The van der Waals surface area contributed by atoms with Gasteiger partial charge in [0.1, 0.15) is 11.8 Å². The molecule has 1 heterocycles. The maximum Gasteiger partial charge on any atom is 0.238 e. The second-order valence-corrected chi connectivity index (χ2v) is 7.70. The van der Waals surface area contributed by atoms with Crippen LogP contribution >= 0.6 is 0 Å². The number of nitrogens with zero attached hydrogens (tertiary/aromatic N) is 3. The van der Waals surface area contributed by atoms with Crippen LogP contribution in [0.5, 0.6) is 5.75 Å². The lowest BCUT2D eigenvalue weighted by Gasteiger charge is -2.12. The fourth-order valence-corrected chi connectivity index (χ4v) is 3.02. The van der Waals surface area contributed by atoms with Crippen LogP contribution in [0.4, 0.5) is 27.5 Å². The van der Waals surface area contributed by atoms with E-state index in [1.165, 1.54) is 24.3 Å². The minimum absolute atomic E-state index is 0.0343. The van der Waals surface area contributed by atoms with Crippen LogP contribution in [0.3, 0.4) is 0 Å². The quantitative estimate of drug-likeness (QED) is 0.521. The van der Waals surface area contributed by atoms with E-state index in [-0.39, 0.29) is 23.3 Å². The van der Waals surface area contributed by atoms with Gasteiger partial charge in [0.15, 0.2) is 18.2 Å². The number of halogens is 1. The second-order valence-electron chi connectivity index (χ2n) is 6.14. The van der Waals surface area contributed by atoms with Crippen LogP contribution in [0.2, 0.25) is 0 Å². The summed E-state index contributed by atoms with van der Waals surface area (Å²) in [6.07, 6.45) is 1.01. The average Bonchev–Trinajstić information content (AvgIpc) is 2.70. The summed E-state index contributed by atoms with van der Waals surface area (Å²) in [6.45, 7) is 1.73. The molecular formula is C19H17FN6O3S. The minimum Gasteiger partial charge on any atom is -0.478 e. The molecule has 0 unspecified atom stereocenters. The van der Waals surface area contributed by atoms with Crippen LogP contribution in [0.15, 0.2) is 53.6 Å². The van der Waals surface area contributed by atoms with E-state index in [4.69, 9.17) is 15.1 Å². The van der Waals surface area contributed by atoms with Crippen molar-refractivity contribution in [2.45, 2.75) is 11.8 Å². The highest BCUT2D eigenvalue weighted by Crippen LogP contribution is 2.25. The zero-order chi connectivity index (χ0) is 21.7. The number of ether oxygens (including phenoxy) is 1. The molecule has 0 saturated carbocycles. The van der Waals surface area contributed by atoms with Crippen molar-refractivity contribution in [3.05, 3.63) is 60.0 Å². The van der Waals surface area contributed by atoms with E-state index in [9.17, 15) is 12.8 Å². The first kappa shape index (κ1) is 21.0. The number of sulfonamides is 1. The van der Waals surface area contributed by atoms with E-state index in [0.29, 0.717) is 17.1 Å². The molecule has 0 aliphatic heterocycles. The Morgan fingerprint density at radius 1 is 1.17 bits per heavy atom. The summed E-state index contributed by atoms with van der Waals surface area (Å²) >= 11 is 0. The maximum absolute atomic E-state index is 14.2. The van der Waals surface area contributed by atoms with Gasteiger partial charge in [-0.25, -0.2) is 22.9 Å². The molecule has 0 aliphatic carbocycles. The van der Waals surface area contributed by atoms with E-state index in [1.54, 1.807) is 25.1 Å². The molecule has 9 nitrogen and oxygen atoms in total. The highest BCUT2D eigenvalue weighted by Gasteiger charge is 2.11. The predicted molar refractivity (Wildman–Crippen MR) is 109 cm³/mol. The van der Waals surface area contributed by atoms with Crippen molar-refractivity contribution < 1.29 is 17.5 Å². The van der Waals surface area contributed by atoms with Gasteiger partial charge in [0.05, 0.1) is 11.1 Å². The molecule has 3 rings (SSSR count). The standard InChI is InChI=1S/C19H17FN6O3S/c1-12-10-14(4-7-17(12)29-9-8-21)24-18-16(20)11-23-19(26-18)25-13-2-5-15(6-3-13)30(22,27)28/h2-7,10-11H,9H2,1H3,(H2,22,27,28)(H2,23,24,25,26). The second kappa shape index (κ2) is 8.73. The molecule has 0 saturated heterocycles. The first-order valence-electron chi connectivity index (χ1n) is 8.56. The summed E-state index contributed by atoms with van der Waals surface area (Å²) in [5, 5.41) is 19.4. The van der Waals surface area contributed by atoms with Crippen LogP contribution in [0.25, 0.3) is 0 Å². The van der Waals surface area contributed by atoms with Crippen molar-refractivity contribution in [3.8, 4) is 11.8 Å². The van der Waals surface area contributed by atoms with Gasteiger partial charge in [-0.05, 0) is 55.0 Å². The topological polar surface area (TPSA) is 143 Å². The Morgan fingerprint density at radius 2 is 1.87 bits per heavy atom. The van der Waals surface area contributed by atoms with Crippen LogP contribution in [0, 0.1) is 24.1 Å². The van der Waals surface area contributed by atoms with Crippen molar-refractivity contribution in [2.24, 2.45) is 5.14 Å². The van der Waals surface area contributed by atoms with Gasteiger partial charge in [0, 0.05) is 11.4 Å². The molecule has 0 amide bonds. The number of benzene rings is 2. The van der Waals surface area contributed by atoms with E-state index in [0.717, 1.165) is 11.8 Å². The van der Waals surface area contributed by atoms with Crippen LogP contribution < -0.4 is 20.5 Å². The molecule has 0 spiro atoms. The van der Waals surface area contributed by atoms with Gasteiger partial charge in [-0.1, -0.05) is 0 Å². The van der Waals surface area contributed by atoms with Crippen LogP contribution in [-0.2, 0) is 10.0 Å². The fourth-order valence-electron chi connectivity index (χ4n) is 2.51. The third-order valence-corrected chi connectivity index (χ3v) is 4.84. The Labute approximate surface area is 172 Å². The molecule has 0 atom stereocenters. The van der Waals surface area contributed by atoms with Gasteiger partial charge >= 0.3 is 0 Å². The fraction of sp³-hybridized carbons (Fsp3) is 0.105. The molecule has 4 N–H and O–H groups in total. The van der Waals surface area contributed by atoms with Crippen molar-refractivity contribution >= 4 is 33.2 Å². The molecule has 0 radical (unpaired) electrons. The lowest BCUT2D eigenvalue weighted by atomic mass is 10.2. The zero-order valence-electron chi connectivity index (χ0n) is 15.8. The predicted octanol–water partition coefficient (Wildman–Crippen LogP) is 2.96. The zero-order valence-corrected chi connectivity index (χ0v) is 16.6. The Kier molecular flexibility index (Phi) is 6.10. The normalized spacial score (nSPS) is 10.9. The molecule has 0 aliphatic rings. The molecule has 11 heteroatoms. The van der Waals surface area contributed by atoms with Gasteiger partial charge in [0.25, 0.3) is 0 Å². The SMILES string of the molecule is Cc1cc(Nc2nc(Nc3ccc(S(N)(=O)=O)cc3)ncc2F)ccc1OCC#N. The highest BCUT2D eigenvalue weighted by molar-refractivity contribution is 7.89. The average molecular weight is 428 g/mol. The minimum atomic E-state index is -3.79. The number of aromatic nitrogens is 2. The third kappa shape index (κ3) is 5.19. The molecular weight excluding hydrogens is 411 g/mol. The smallest absolute Gasteiger partial charge is 0.238 e. The lowest BCUT2D eigenvalue weighted by molar-refractivity contribution is 0.365. The van der Waals surface area contributed by atoms with E-state index in [2.05, 4.69) is 20.6 Å². The molecule has 0 fully saturated rings. The summed E-state index contributed by atoms with van der Waals surface area (Å²) in [7, 11) is -3.79. The number of rotatable bonds is 7. The summed E-state index contributed by atoms with van der Waals surface area (Å²) < 4.78 is 42.1. The van der Waals surface area contributed by atoms with Gasteiger partial charge in [-0.15, -0.1) is 0 Å². The van der Waals surface area contributed by atoms with Gasteiger partial charge in [-0.2, -0.15) is 10.2 Å². The Bertz CT molecular complexity index is 1210. The van der Waals surface area contributed by atoms with E-state index < -0.39 is 15.8 Å². The molecule has 2 aromatic carbocycles. The van der Waals surface area contributed by atoms with Gasteiger partial charge < -0.3 is 15.4 Å². The van der Waals surface area contributed by atoms with E-state index >= 15 is 0 Å². The first-order chi connectivity index (χ1) is 14.3. The summed E-state index contributed by atoms with van der Waals surface area (Å²) in [6, 6.07) is 12.6. The number of primary sulfonamides is 1. The number of anilines is 4. The number of hydrogen-bond donors (Lipinski definition) is 3. The number of hydrogen-bond acceptors (Lipinski definition) is 8.